The predicted molar refractivity (Wildman–Crippen MR) is 110 cm³/mol. The van der Waals surface area contributed by atoms with Crippen LogP contribution in [0.3, 0.4) is 0 Å². The number of thiazole rings is 1. The smallest absolute Gasteiger partial charge is 0.304 e. The number of carboxylic acid groups (broad SMARTS) is 1. The summed E-state index contributed by atoms with van der Waals surface area (Å²) in [5.41, 5.74) is 1.48. The molecule has 3 aromatic rings. The SMILES string of the molecule is CN(C(=O)C(CC(=O)O)Cc1cccs1)c1nc(-c2ccccc2Cl)cs1. The number of thiophene rings is 1. The Balaban J connectivity index is 1.80. The van der Waals surface area contributed by atoms with Crippen LogP contribution in [-0.4, -0.2) is 29.0 Å². The Hall–Kier alpha value is -2.22. The number of carboxylic acids is 1. The molecule has 8 heteroatoms. The molecule has 0 saturated carbocycles. The number of benzene rings is 1. The van der Waals surface area contributed by atoms with E-state index >= 15 is 0 Å². The Morgan fingerprint density at radius 3 is 2.67 bits per heavy atom. The number of rotatable bonds is 7. The van der Waals surface area contributed by atoms with E-state index in [0.717, 1.165) is 10.4 Å². The van der Waals surface area contributed by atoms with Gasteiger partial charge in [0.15, 0.2) is 5.13 Å². The number of amides is 1. The van der Waals surface area contributed by atoms with Crippen molar-refractivity contribution in [2.45, 2.75) is 12.8 Å². The molecule has 3 rings (SSSR count). The average Bonchev–Trinajstić information content (AvgIpc) is 3.32. The lowest BCUT2D eigenvalue weighted by atomic mass is 9.99. The summed E-state index contributed by atoms with van der Waals surface area (Å²) in [7, 11) is 1.63. The Morgan fingerprint density at radius 2 is 2.00 bits per heavy atom. The third-order valence-corrected chi connectivity index (χ3v) is 6.20. The van der Waals surface area contributed by atoms with Crippen LogP contribution in [0.1, 0.15) is 11.3 Å². The molecule has 0 bridgehead atoms. The molecule has 0 spiro atoms. The maximum Gasteiger partial charge on any atom is 0.304 e. The van der Waals surface area contributed by atoms with Crippen LogP contribution in [0.5, 0.6) is 0 Å². The molecule has 27 heavy (non-hydrogen) atoms. The van der Waals surface area contributed by atoms with Gasteiger partial charge in [0.05, 0.1) is 18.0 Å². The zero-order chi connectivity index (χ0) is 19.4. The summed E-state index contributed by atoms with van der Waals surface area (Å²) < 4.78 is 0. The van der Waals surface area contributed by atoms with Crippen molar-refractivity contribution in [2.24, 2.45) is 5.92 Å². The van der Waals surface area contributed by atoms with Crippen molar-refractivity contribution >= 4 is 51.3 Å². The topological polar surface area (TPSA) is 70.5 Å². The Morgan fingerprint density at radius 1 is 1.22 bits per heavy atom. The normalized spacial score (nSPS) is 11.9. The summed E-state index contributed by atoms with van der Waals surface area (Å²) in [6, 6.07) is 11.2. The Labute approximate surface area is 169 Å². The molecule has 0 aliphatic rings. The van der Waals surface area contributed by atoms with E-state index < -0.39 is 11.9 Å². The van der Waals surface area contributed by atoms with Crippen LogP contribution in [-0.2, 0) is 16.0 Å². The molecule has 2 aromatic heterocycles. The number of anilines is 1. The highest BCUT2D eigenvalue weighted by Crippen LogP contribution is 2.32. The van der Waals surface area contributed by atoms with Crippen LogP contribution in [0, 0.1) is 5.92 Å². The molecule has 0 aliphatic carbocycles. The first-order chi connectivity index (χ1) is 13.0. The van der Waals surface area contributed by atoms with Gasteiger partial charge in [0.1, 0.15) is 0 Å². The van der Waals surface area contributed by atoms with Crippen LogP contribution in [0.15, 0.2) is 47.2 Å². The summed E-state index contributed by atoms with van der Waals surface area (Å²) in [5.74, 6) is -1.89. The molecule has 140 valence electrons. The first-order valence-electron chi connectivity index (χ1n) is 8.18. The second-order valence-corrected chi connectivity index (χ2v) is 8.25. The summed E-state index contributed by atoms with van der Waals surface area (Å²) in [5, 5.41) is 14.1. The van der Waals surface area contributed by atoms with Crippen molar-refractivity contribution in [3.63, 3.8) is 0 Å². The van der Waals surface area contributed by atoms with Crippen molar-refractivity contribution in [3.05, 3.63) is 57.1 Å². The highest BCUT2D eigenvalue weighted by Gasteiger charge is 2.27. The number of carbonyl (C=O) groups is 2. The molecule has 1 unspecified atom stereocenters. The highest BCUT2D eigenvalue weighted by molar-refractivity contribution is 7.14. The van der Waals surface area contributed by atoms with Crippen molar-refractivity contribution in [1.82, 2.24) is 4.98 Å². The van der Waals surface area contributed by atoms with Gasteiger partial charge in [0.2, 0.25) is 5.91 Å². The number of halogens is 1. The van der Waals surface area contributed by atoms with E-state index in [0.29, 0.717) is 22.3 Å². The molecule has 1 atom stereocenters. The first-order valence-corrected chi connectivity index (χ1v) is 10.3. The van der Waals surface area contributed by atoms with E-state index in [1.54, 1.807) is 13.1 Å². The number of nitrogens with zero attached hydrogens (tertiary/aromatic N) is 2. The van der Waals surface area contributed by atoms with Gasteiger partial charge in [-0.1, -0.05) is 35.9 Å². The third-order valence-electron chi connectivity index (χ3n) is 4.06. The zero-order valence-electron chi connectivity index (χ0n) is 14.5. The monoisotopic (exact) mass is 420 g/mol. The van der Waals surface area contributed by atoms with Gasteiger partial charge < -0.3 is 5.11 Å². The third kappa shape index (κ3) is 4.74. The summed E-state index contributed by atoms with van der Waals surface area (Å²) >= 11 is 9.06. The van der Waals surface area contributed by atoms with Crippen molar-refractivity contribution in [3.8, 4) is 11.3 Å². The van der Waals surface area contributed by atoms with Gasteiger partial charge in [0.25, 0.3) is 0 Å². The maximum atomic E-state index is 12.9. The molecule has 1 N–H and O–H groups in total. The maximum absolute atomic E-state index is 12.9. The van der Waals surface area contributed by atoms with E-state index in [-0.39, 0.29) is 12.3 Å². The van der Waals surface area contributed by atoms with E-state index in [1.807, 2.05) is 41.1 Å². The van der Waals surface area contributed by atoms with Crippen LogP contribution >= 0.6 is 34.3 Å². The van der Waals surface area contributed by atoms with E-state index in [1.165, 1.54) is 27.6 Å². The van der Waals surface area contributed by atoms with Gasteiger partial charge >= 0.3 is 5.97 Å². The fourth-order valence-electron chi connectivity index (χ4n) is 2.71. The minimum absolute atomic E-state index is 0.218. The number of hydrogen-bond acceptors (Lipinski definition) is 5. The predicted octanol–water partition coefficient (Wildman–Crippen LogP) is 4.82. The van der Waals surface area contributed by atoms with Crippen molar-refractivity contribution < 1.29 is 14.7 Å². The van der Waals surface area contributed by atoms with Crippen LogP contribution < -0.4 is 4.90 Å². The molecule has 5 nitrogen and oxygen atoms in total. The molecular formula is C19H17ClN2O3S2. The first kappa shape index (κ1) is 19.5. The largest absolute Gasteiger partial charge is 0.481 e. The zero-order valence-corrected chi connectivity index (χ0v) is 16.9. The number of carbonyl (C=O) groups excluding carboxylic acids is 1. The van der Waals surface area contributed by atoms with Crippen molar-refractivity contribution in [2.75, 3.05) is 11.9 Å². The molecule has 2 heterocycles. The lowest BCUT2D eigenvalue weighted by Crippen LogP contribution is -2.35. The lowest BCUT2D eigenvalue weighted by Gasteiger charge is -2.20. The Kier molecular flexibility index (Phi) is 6.26. The summed E-state index contributed by atoms with van der Waals surface area (Å²) in [6.45, 7) is 0. The lowest BCUT2D eigenvalue weighted by molar-refractivity contribution is -0.140. The fraction of sp³-hybridized carbons (Fsp3) is 0.211. The van der Waals surface area contributed by atoms with Gasteiger partial charge in [-0.2, -0.15) is 0 Å². The average molecular weight is 421 g/mol. The summed E-state index contributed by atoms with van der Waals surface area (Å²) in [4.78, 5) is 31.1. The van der Waals surface area contributed by atoms with E-state index in [9.17, 15) is 14.7 Å². The standard InChI is InChI=1S/C19H17ClN2O3S2/c1-22(18(25)12(10-17(23)24)9-13-5-4-8-26-13)19-21-16(11-27-19)14-6-2-3-7-15(14)20/h2-8,11-12H,9-10H2,1H3,(H,23,24). The van der Waals surface area contributed by atoms with E-state index in [2.05, 4.69) is 4.98 Å². The number of aromatic nitrogens is 1. The molecule has 0 aliphatic heterocycles. The van der Waals surface area contributed by atoms with Crippen LogP contribution in [0.25, 0.3) is 11.3 Å². The second-order valence-electron chi connectivity index (χ2n) is 5.97. The van der Waals surface area contributed by atoms with Gasteiger partial charge in [-0.05, 0) is 23.9 Å². The van der Waals surface area contributed by atoms with Gasteiger partial charge in [-0.25, -0.2) is 4.98 Å². The van der Waals surface area contributed by atoms with Crippen molar-refractivity contribution in [1.29, 1.82) is 0 Å². The molecule has 0 radical (unpaired) electrons. The molecule has 0 fully saturated rings. The molecule has 1 aromatic carbocycles. The van der Waals surface area contributed by atoms with Gasteiger partial charge in [-0.3, -0.25) is 14.5 Å². The summed E-state index contributed by atoms with van der Waals surface area (Å²) in [6.07, 6.45) is 0.180. The van der Waals surface area contributed by atoms with E-state index in [4.69, 9.17) is 11.6 Å². The fourth-order valence-corrected chi connectivity index (χ4v) is 4.52. The highest BCUT2D eigenvalue weighted by atomic mass is 35.5. The van der Waals surface area contributed by atoms with Crippen LogP contribution in [0.2, 0.25) is 5.02 Å². The Bertz CT molecular complexity index is 940. The minimum atomic E-state index is -0.991. The van der Waals surface area contributed by atoms with Crippen LogP contribution in [0.4, 0.5) is 5.13 Å². The molecular weight excluding hydrogens is 404 g/mol. The second kappa shape index (κ2) is 8.65. The van der Waals surface area contributed by atoms with Gasteiger partial charge in [-0.15, -0.1) is 22.7 Å². The number of hydrogen-bond donors (Lipinski definition) is 1. The molecule has 0 saturated heterocycles. The minimum Gasteiger partial charge on any atom is -0.481 e. The number of aliphatic carboxylic acids is 1. The molecule has 1 amide bonds. The quantitative estimate of drug-likeness (QED) is 0.594. The van der Waals surface area contributed by atoms with Gasteiger partial charge in [0, 0.05) is 27.9 Å².